The van der Waals surface area contributed by atoms with Gasteiger partial charge in [-0.25, -0.2) is 4.98 Å². The highest BCUT2D eigenvalue weighted by atomic mass is 79.9. The average molecular weight is 288 g/mol. The molecule has 1 atom stereocenters. The molecular weight excluding hydrogens is 278 g/mol. The second-order valence-electron chi connectivity index (χ2n) is 3.63. The van der Waals surface area contributed by atoms with Gasteiger partial charge in [-0.3, -0.25) is 9.59 Å². The van der Waals surface area contributed by atoms with Crippen molar-refractivity contribution in [2.75, 3.05) is 0 Å². The maximum Gasteiger partial charge on any atom is 0.188 e. The van der Waals surface area contributed by atoms with E-state index in [9.17, 15) is 9.59 Å². The zero-order chi connectivity index (χ0) is 11.0. The molecule has 0 spiro atoms. The molecule has 0 N–H and O–H groups in total. The lowest BCUT2D eigenvalue weighted by atomic mass is 10.0. The van der Waals surface area contributed by atoms with Crippen LogP contribution in [0.5, 0.6) is 0 Å². The van der Waals surface area contributed by atoms with Gasteiger partial charge in [-0.1, -0.05) is 15.9 Å². The van der Waals surface area contributed by atoms with E-state index in [1.165, 1.54) is 18.3 Å². The minimum Gasteiger partial charge on any atom is -0.300 e. The minimum absolute atomic E-state index is 0.0735. The van der Waals surface area contributed by atoms with Crippen LogP contribution in [0, 0.1) is 0 Å². The van der Waals surface area contributed by atoms with Crippen molar-refractivity contribution in [2.45, 2.75) is 31.0 Å². The molecule has 0 fully saturated rings. The molecule has 3 nitrogen and oxygen atoms in total. The summed E-state index contributed by atoms with van der Waals surface area (Å²) in [5.41, 5.74) is 0.872. The highest BCUT2D eigenvalue weighted by molar-refractivity contribution is 9.10. The largest absolute Gasteiger partial charge is 0.300 e. The molecule has 15 heavy (non-hydrogen) atoms. The van der Waals surface area contributed by atoms with E-state index in [2.05, 4.69) is 20.9 Å². The maximum absolute atomic E-state index is 11.8. The Hall–Kier alpha value is -0.550. The summed E-state index contributed by atoms with van der Waals surface area (Å²) >= 11 is 4.71. The molecule has 1 aliphatic carbocycles. The van der Waals surface area contributed by atoms with Crippen LogP contribution in [0.4, 0.5) is 0 Å². The summed E-state index contributed by atoms with van der Waals surface area (Å²) in [6.45, 7) is 1.54. The molecule has 1 heterocycles. The minimum atomic E-state index is -0.0735. The molecule has 1 aromatic heterocycles. The molecule has 80 valence electrons. The Morgan fingerprint density at radius 3 is 3.07 bits per heavy atom. The zero-order valence-electron chi connectivity index (χ0n) is 8.25. The molecule has 0 aliphatic heterocycles. The van der Waals surface area contributed by atoms with Gasteiger partial charge in [0.2, 0.25) is 0 Å². The molecule has 0 amide bonds. The van der Waals surface area contributed by atoms with Crippen molar-refractivity contribution in [1.29, 1.82) is 0 Å². The number of nitrogens with zero attached hydrogens (tertiary/aromatic N) is 1. The van der Waals surface area contributed by atoms with Gasteiger partial charge < -0.3 is 0 Å². The van der Waals surface area contributed by atoms with Gasteiger partial charge in [0.15, 0.2) is 5.78 Å². The third-order valence-corrected chi connectivity index (χ3v) is 4.27. The number of alkyl halides is 1. The van der Waals surface area contributed by atoms with Crippen LogP contribution in [0.3, 0.4) is 0 Å². The van der Waals surface area contributed by atoms with E-state index in [-0.39, 0.29) is 16.4 Å². The first-order valence-corrected chi connectivity index (χ1v) is 6.47. The van der Waals surface area contributed by atoms with E-state index in [0.717, 1.165) is 28.4 Å². The van der Waals surface area contributed by atoms with Crippen molar-refractivity contribution in [3.63, 3.8) is 0 Å². The number of fused-ring (bicyclic) bond motifs is 1. The Bertz CT molecular complexity index is 427. The number of aromatic nitrogens is 1. The molecule has 1 unspecified atom stereocenters. The van der Waals surface area contributed by atoms with Gasteiger partial charge in [-0.05, 0) is 19.8 Å². The summed E-state index contributed by atoms with van der Waals surface area (Å²) in [4.78, 5) is 27.7. The highest BCUT2D eigenvalue weighted by Crippen LogP contribution is 2.30. The van der Waals surface area contributed by atoms with E-state index in [4.69, 9.17) is 0 Å². The van der Waals surface area contributed by atoms with Crippen molar-refractivity contribution >= 4 is 38.8 Å². The van der Waals surface area contributed by atoms with Gasteiger partial charge in [0.05, 0.1) is 21.8 Å². The number of hydrogen-bond donors (Lipinski definition) is 0. The van der Waals surface area contributed by atoms with Crippen LogP contribution < -0.4 is 0 Å². The predicted octanol–water partition coefficient (Wildman–Crippen LogP) is 2.17. The Morgan fingerprint density at radius 1 is 1.67 bits per heavy atom. The fourth-order valence-electron chi connectivity index (χ4n) is 1.59. The molecule has 0 saturated heterocycles. The number of carbonyl (C=O) groups excluding carboxylic acids is 2. The Kier molecular flexibility index (Phi) is 3.02. The summed E-state index contributed by atoms with van der Waals surface area (Å²) in [5.74, 6) is 0.201. The lowest BCUT2D eigenvalue weighted by Crippen LogP contribution is -2.20. The van der Waals surface area contributed by atoms with Gasteiger partial charge in [0.25, 0.3) is 0 Å². The predicted molar refractivity (Wildman–Crippen MR) is 61.9 cm³/mol. The molecule has 0 radical (unpaired) electrons. The first kappa shape index (κ1) is 11.0. The topological polar surface area (TPSA) is 47.0 Å². The van der Waals surface area contributed by atoms with E-state index >= 15 is 0 Å². The van der Waals surface area contributed by atoms with Crippen LogP contribution in [0.25, 0.3) is 0 Å². The third kappa shape index (κ3) is 2.18. The zero-order valence-corrected chi connectivity index (χ0v) is 10.7. The van der Waals surface area contributed by atoms with Gasteiger partial charge in [0.1, 0.15) is 10.8 Å². The lowest BCUT2D eigenvalue weighted by molar-refractivity contribution is -0.116. The number of rotatable bonds is 2. The summed E-state index contributed by atoms with van der Waals surface area (Å²) in [6, 6.07) is 0. The van der Waals surface area contributed by atoms with Crippen LogP contribution in [0.15, 0.2) is 0 Å². The van der Waals surface area contributed by atoms with E-state index in [0.29, 0.717) is 6.42 Å². The molecular formula is C10H10BrNO2S. The first-order chi connectivity index (χ1) is 7.08. The smallest absolute Gasteiger partial charge is 0.188 e. The number of Topliss-reactive ketones (excluding diaryl/α,β-unsaturated/α-hetero) is 2. The molecule has 0 bridgehead atoms. The number of carbonyl (C=O) groups is 2. The molecule has 1 aliphatic rings. The highest BCUT2D eigenvalue weighted by Gasteiger charge is 2.28. The van der Waals surface area contributed by atoms with Gasteiger partial charge in [0, 0.05) is 0 Å². The Morgan fingerprint density at radius 2 is 2.40 bits per heavy atom. The Balaban J connectivity index is 2.31. The number of aryl methyl sites for hydroxylation is 1. The van der Waals surface area contributed by atoms with E-state index < -0.39 is 0 Å². The molecule has 5 heteroatoms. The molecule has 0 aromatic carbocycles. The maximum atomic E-state index is 11.8. The fraction of sp³-hybridized carbons (Fsp3) is 0.500. The van der Waals surface area contributed by atoms with Gasteiger partial charge in [-0.15, -0.1) is 11.3 Å². The van der Waals surface area contributed by atoms with Crippen molar-refractivity contribution in [1.82, 2.24) is 4.98 Å². The molecule has 0 saturated carbocycles. The first-order valence-electron chi connectivity index (χ1n) is 4.74. The Labute approximate surface area is 100 Å². The van der Waals surface area contributed by atoms with Gasteiger partial charge >= 0.3 is 0 Å². The van der Waals surface area contributed by atoms with Crippen LogP contribution in [0.1, 0.15) is 33.7 Å². The summed E-state index contributed by atoms with van der Waals surface area (Å²) in [6.07, 6.45) is 1.97. The van der Waals surface area contributed by atoms with Crippen molar-refractivity contribution < 1.29 is 9.59 Å². The molecule has 2 rings (SSSR count). The van der Waals surface area contributed by atoms with Crippen molar-refractivity contribution in [3.8, 4) is 0 Å². The van der Waals surface area contributed by atoms with Crippen LogP contribution >= 0.6 is 27.3 Å². The standard InChI is InChI=1S/C10H10BrNO2S/c1-5(13)4-8-12-7-3-2-6(11)9(14)10(7)15-8/h6H,2-4H2,1H3. The quantitative estimate of drug-likeness (QED) is 0.784. The van der Waals surface area contributed by atoms with Crippen molar-refractivity contribution in [2.24, 2.45) is 0 Å². The second-order valence-corrected chi connectivity index (χ2v) is 5.82. The SMILES string of the molecule is CC(=O)Cc1nc2c(s1)C(=O)C(Br)CC2. The second kappa shape index (κ2) is 4.14. The summed E-state index contributed by atoms with van der Waals surface area (Å²) in [7, 11) is 0. The fourth-order valence-corrected chi connectivity index (χ4v) is 3.37. The van der Waals surface area contributed by atoms with Gasteiger partial charge in [-0.2, -0.15) is 0 Å². The summed E-state index contributed by atoms with van der Waals surface area (Å²) < 4.78 is 0. The van der Waals surface area contributed by atoms with Crippen LogP contribution in [-0.2, 0) is 17.6 Å². The number of thiazole rings is 1. The summed E-state index contributed by atoms with van der Waals surface area (Å²) in [5, 5.41) is 0.766. The monoisotopic (exact) mass is 287 g/mol. The van der Waals surface area contributed by atoms with Crippen molar-refractivity contribution in [3.05, 3.63) is 15.6 Å². The van der Waals surface area contributed by atoms with E-state index in [1.807, 2.05) is 0 Å². The lowest BCUT2D eigenvalue weighted by Gasteiger charge is -2.13. The van der Waals surface area contributed by atoms with Crippen LogP contribution in [0.2, 0.25) is 0 Å². The van der Waals surface area contributed by atoms with E-state index in [1.54, 1.807) is 0 Å². The number of halogens is 1. The number of ketones is 2. The molecule has 1 aromatic rings. The third-order valence-electron chi connectivity index (χ3n) is 2.28. The normalized spacial score (nSPS) is 20.1. The van der Waals surface area contributed by atoms with Crippen LogP contribution in [-0.4, -0.2) is 21.4 Å². The number of hydrogen-bond acceptors (Lipinski definition) is 4. The average Bonchev–Trinajstić information content (AvgIpc) is 2.54.